The Hall–Kier alpha value is -0.480. The molecule has 14 heavy (non-hydrogen) atoms. The molecule has 2 rings (SSSR count). The van der Waals surface area contributed by atoms with Gasteiger partial charge in [-0.15, -0.1) is 0 Å². The highest BCUT2D eigenvalue weighted by atomic mass is 32.2. The van der Waals surface area contributed by atoms with Gasteiger partial charge in [0, 0.05) is 25.0 Å². The number of hydrogen-bond acceptors (Lipinski definition) is 3. The fourth-order valence-electron chi connectivity index (χ4n) is 1.96. The summed E-state index contributed by atoms with van der Waals surface area (Å²) in [5.41, 5.74) is 1.22. The molecule has 0 saturated carbocycles. The van der Waals surface area contributed by atoms with Crippen LogP contribution in [0.1, 0.15) is 5.69 Å². The molecule has 0 bridgehead atoms. The second-order valence-electron chi connectivity index (χ2n) is 3.88. The predicted molar refractivity (Wildman–Crippen MR) is 60.6 cm³/mol. The molecule has 0 spiro atoms. The maximum atomic E-state index is 4.42. The molecule has 1 aliphatic heterocycles. The van der Waals surface area contributed by atoms with E-state index in [9.17, 15) is 0 Å². The molecule has 2 heterocycles. The van der Waals surface area contributed by atoms with Gasteiger partial charge in [-0.05, 0) is 31.2 Å². The largest absolute Gasteiger partial charge is 0.316 e. The van der Waals surface area contributed by atoms with Gasteiger partial charge in [-0.3, -0.25) is 4.68 Å². The van der Waals surface area contributed by atoms with E-state index in [2.05, 4.69) is 23.5 Å². The summed E-state index contributed by atoms with van der Waals surface area (Å²) in [5, 5.41) is 7.81. The van der Waals surface area contributed by atoms with E-state index in [-0.39, 0.29) is 0 Å². The van der Waals surface area contributed by atoms with Crippen molar-refractivity contribution in [1.82, 2.24) is 15.1 Å². The summed E-state index contributed by atoms with van der Waals surface area (Å²) < 4.78 is 1.88. The van der Waals surface area contributed by atoms with E-state index in [1.165, 1.54) is 17.2 Å². The van der Waals surface area contributed by atoms with Gasteiger partial charge >= 0.3 is 0 Å². The number of rotatable bonds is 3. The molecule has 2 unspecified atom stereocenters. The van der Waals surface area contributed by atoms with Crippen molar-refractivity contribution >= 4 is 11.8 Å². The Balaban J connectivity index is 1.96. The maximum Gasteiger partial charge on any atom is 0.0628 e. The smallest absolute Gasteiger partial charge is 0.0628 e. The fourth-order valence-corrected chi connectivity index (χ4v) is 3.44. The molecule has 78 valence electrons. The molecular weight excluding hydrogens is 194 g/mol. The fraction of sp³-hybridized carbons (Fsp3) is 0.700. The van der Waals surface area contributed by atoms with Crippen LogP contribution in [0.15, 0.2) is 12.3 Å². The molecule has 1 aromatic heterocycles. The Morgan fingerprint density at radius 1 is 1.64 bits per heavy atom. The van der Waals surface area contributed by atoms with Gasteiger partial charge in [-0.1, -0.05) is 0 Å². The highest BCUT2D eigenvalue weighted by Crippen LogP contribution is 2.26. The van der Waals surface area contributed by atoms with E-state index >= 15 is 0 Å². The van der Waals surface area contributed by atoms with Crippen LogP contribution in [0.5, 0.6) is 0 Å². The molecule has 1 N–H and O–H groups in total. The SMILES string of the molecule is CNC1CSCC1Cc1ccn(C)n1. The van der Waals surface area contributed by atoms with Gasteiger partial charge in [-0.2, -0.15) is 16.9 Å². The molecule has 1 aliphatic rings. The summed E-state index contributed by atoms with van der Waals surface area (Å²) in [7, 11) is 4.03. The van der Waals surface area contributed by atoms with E-state index < -0.39 is 0 Å². The van der Waals surface area contributed by atoms with E-state index in [1.807, 2.05) is 29.7 Å². The zero-order valence-corrected chi connectivity index (χ0v) is 9.55. The highest BCUT2D eigenvalue weighted by Gasteiger charge is 2.26. The van der Waals surface area contributed by atoms with Crippen LogP contribution in [0, 0.1) is 5.92 Å². The summed E-state index contributed by atoms with van der Waals surface area (Å²) >= 11 is 2.04. The minimum atomic E-state index is 0.669. The van der Waals surface area contributed by atoms with Gasteiger partial charge in [-0.25, -0.2) is 0 Å². The first-order valence-corrected chi connectivity index (χ1v) is 6.18. The number of thioether (sulfide) groups is 1. The summed E-state index contributed by atoms with van der Waals surface area (Å²) in [6, 6.07) is 2.79. The van der Waals surface area contributed by atoms with Crippen molar-refractivity contribution in [2.45, 2.75) is 12.5 Å². The van der Waals surface area contributed by atoms with Crippen molar-refractivity contribution in [3.8, 4) is 0 Å². The Bertz CT molecular complexity index is 297. The van der Waals surface area contributed by atoms with Crippen molar-refractivity contribution in [1.29, 1.82) is 0 Å². The van der Waals surface area contributed by atoms with Gasteiger partial charge in [0.05, 0.1) is 5.69 Å². The van der Waals surface area contributed by atoms with Gasteiger partial charge < -0.3 is 5.32 Å². The monoisotopic (exact) mass is 211 g/mol. The second-order valence-corrected chi connectivity index (χ2v) is 4.95. The highest BCUT2D eigenvalue weighted by molar-refractivity contribution is 7.99. The zero-order valence-electron chi connectivity index (χ0n) is 8.73. The van der Waals surface area contributed by atoms with Crippen molar-refractivity contribution in [3.05, 3.63) is 18.0 Å². The van der Waals surface area contributed by atoms with Crippen LogP contribution >= 0.6 is 11.8 Å². The molecule has 3 nitrogen and oxygen atoms in total. The molecule has 0 aliphatic carbocycles. The average molecular weight is 211 g/mol. The summed E-state index contributed by atoms with van der Waals surface area (Å²) in [4.78, 5) is 0. The van der Waals surface area contributed by atoms with Crippen molar-refractivity contribution in [3.63, 3.8) is 0 Å². The number of hydrogen-bond donors (Lipinski definition) is 1. The third-order valence-electron chi connectivity index (χ3n) is 2.81. The van der Waals surface area contributed by atoms with Crippen LogP contribution in [0.25, 0.3) is 0 Å². The topological polar surface area (TPSA) is 29.9 Å². The van der Waals surface area contributed by atoms with Crippen LogP contribution in [-0.2, 0) is 13.5 Å². The first-order valence-electron chi connectivity index (χ1n) is 5.03. The molecule has 1 aromatic rings. The Morgan fingerprint density at radius 2 is 2.50 bits per heavy atom. The number of aryl methyl sites for hydroxylation is 1. The summed E-state index contributed by atoms with van der Waals surface area (Å²) in [6.45, 7) is 0. The first-order chi connectivity index (χ1) is 6.79. The second kappa shape index (κ2) is 4.36. The van der Waals surface area contributed by atoms with Crippen LogP contribution in [-0.4, -0.2) is 34.4 Å². The molecule has 2 atom stereocenters. The quantitative estimate of drug-likeness (QED) is 0.806. The van der Waals surface area contributed by atoms with E-state index in [1.54, 1.807) is 0 Å². The number of nitrogens with one attached hydrogen (secondary N) is 1. The molecule has 1 fully saturated rings. The zero-order chi connectivity index (χ0) is 9.97. The lowest BCUT2D eigenvalue weighted by Gasteiger charge is -2.16. The molecule has 0 radical (unpaired) electrons. The van der Waals surface area contributed by atoms with Gasteiger partial charge in [0.15, 0.2) is 0 Å². The van der Waals surface area contributed by atoms with E-state index in [0.29, 0.717) is 6.04 Å². The maximum absolute atomic E-state index is 4.42. The predicted octanol–water partition coefficient (Wildman–Crippen LogP) is 0.914. The summed E-state index contributed by atoms with van der Waals surface area (Å²) in [5.74, 6) is 3.26. The molecule has 0 amide bonds. The Kier molecular flexibility index (Phi) is 3.13. The Labute approximate surface area is 89.3 Å². The third kappa shape index (κ3) is 2.12. The summed E-state index contributed by atoms with van der Waals surface area (Å²) in [6.07, 6.45) is 3.13. The minimum Gasteiger partial charge on any atom is -0.316 e. The number of aromatic nitrogens is 2. The lowest BCUT2D eigenvalue weighted by atomic mass is 9.98. The van der Waals surface area contributed by atoms with E-state index in [0.717, 1.165) is 12.3 Å². The molecule has 1 saturated heterocycles. The normalized spacial score (nSPS) is 27.0. The standard InChI is InChI=1S/C10H17N3S/c1-11-10-7-14-6-8(10)5-9-3-4-13(2)12-9/h3-4,8,10-11H,5-7H2,1-2H3. The molecule has 0 aromatic carbocycles. The third-order valence-corrected chi connectivity index (χ3v) is 4.07. The lowest BCUT2D eigenvalue weighted by molar-refractivity contribution is 0.448. The molecular formula is C10H17N3S. The van der Waals surface area contributed by atoms with Crippen molar-refractivity contribution in [2.75, 3.05) is 18.6 Å². The first kappa shape index (κ1) is 10.1. The average Bonchev–Trinajstić information content (AvgIpc) is 2.76. The van der Waals surface area contributed by atoms with Crippen LogP contribution < -0.4 is 5.32 Å². The van der Waals surface area contributed by atoms with Crippen molar-refractivity contribution < 1.29 is 0 Å². The van der Waals surface area contributed by atoms with Gasteiger partial charge in [0.25, 0.3) is 0 Å². The lowest BCUT2D eigenvalue weighted by Crippen LogP contribution is -2.33. The van der Waals surface area contributed by atoms with Gasteiger partial charge in [0.2, 0.25) is 0 Å². The van der Waals surface area contributed by atoms with Crippen LogP contribution in [0.3, 0.4) is 0 Å². The van der Waals surface area contributed by atoms with Gasteiger partial charge in [0.1, 0.15) is 0 Å². The van der Waals surface area contributed by atoms with Crippen molar-refractivity contribution in [2.24, 2.45) is 13.0 Å². The van der Waals surface area contributed by atoms with E-state index in [4.69, 9.17) is 0 Å². The number of nitrogens with zero attached hydrogens (tertiary/aromatic N) is 2. The minimum absolute atomic E-state index is 0.669. The Morgan fingerprint density at radius 3 is 3.14 bits per heavy atom. The molecule has 4 heteroatoms. The van der Waals surface area contributed by atoms with Crippen LogP contribution in [0.4, 0.5) is 0 Å². The van der Waals surface area contributed by atoms with Crippen LogP contribution in [0.2, 0.25) is 0 Å².